The summed E-state index contributed by atoms with van der Waals surface area (Å²) in [6.07, 6.45) is -3.58. The number of rotatable bonds is 3. The predicted octanol–water partition coefficient (Wildman–Crippen LogP) is 1.44. The molecule has 0 saturated carbocycles. The van der Waals surface area contributed by atoms with Gasteiger partial charge in [0.05, 0.1) is 6.20 Å². The average molecular weight is 380 g/mol. The van der Waals surface area contributed by atoms with Crippen molar-refractivity contribution in [3.05, 3.63) is 12.0 Å². The van der Waals surface area contributed by atoms with Crippen LogP contribution in [-0.4, -0.2) is 72.8 Å². The van der Waals surface area contributed by atoms with E-state index in [-0.39, 0.29) is 5.91 Å². The van der Waals surface area contributed by atoms with E-state index in [2.05, 4.69) is 24.1 Å². The van der Waals surface area contributed by atoms with Crippen LogP contribution in [0.2, 0.25) is 0 Å². The number of anilines is 1. The molecule has 1 amide bonds. The molecule has 148 valence electrons. The minimum Gasteiger partial charge on any atom is -0.475 e. The highest BCUT2D eigenvalue weighted by molar-refractivity contribution is 5.91. The second-order valence-corrected chi connectivity index (χ2v) is 6.26. The van der Waals surface area contributed by atoms with Crippen LogP contribution in [0.1, 0.15) is 24.4 Å². The SMILES string of the molecule is CC(C)[C@H]1CN(C(=O)c2cnc(N(C)C)o2)CCN1.O=C(O)C(F)(F)F. The second kappa shape index (κ2) is 8.88. The summed E-state index contributed by atoms with van der Waals surface area (Å²) >= 11 is 0. The van der Waals surface area contributed by atoms with Gasteiger partial charge in [0.1, 0.15) is 0 Å². The van der Waals surface area contributed by atoms with Crippen molar-refractivity contribution >= 4 is 17.9 Å². The fraction of sp³-hybridized carbons (Fsp3) is 0.667. The van der Waals surface area contributed by atoms with Gasteiger partial charge >= 0.3 is 12.1 Å². The number of carbonyl (C=O) groups excluding carboxylic acids is 1. The first-order chi connectivity index (χ1) is 11.9. The number of nitrogens with one attached hydrogen (secondary N) is 1. The molecule has 11 heteroatoms. The number of carbonyl (C=O) groups is 2. The van der Waals surface area contributed by atoms with E-state index in [0.29, 0.717) is 36.8 Å². The summed E-state index contributed by atoms with van der Waals surface area (Å²) in [5.41, 5.74) is 0. The van der Waals surface area contributed by atoms with Crippen LogP contribution in [0, 0.1) is 5.92 Å². The number of alkyl halides is 3. The normalized spacial score (nSPS) is 17.5. The lowest BCUT2D eigenvalue weighted by Crippen LogP contribution is -2.54. The third kappa shape index (κ3) is 6.21. The molecule has 0 unspecified atom stereocenters. The summed E-state index contributed by atoms with van der Waals surface area (Å²) in [7, 11) is 3.67. The van der Waals surface area contributed by atoms with Gasteiger partial charge in [0.2, 0.25) is 5.76 Å². The highest BCUT2D eigenvalue weighted by Gasteiger charge is 2.38. The number of oxazole rings is 1. The Morgan fingerprint density at radius 2 is 2.00 bits per heavy atom. The van der Waals surface area contributed by atoms with E-state index in [1.54, 1.807) is 4.90 Å². The van der Waals surface area contributed by atoms with E-state index in [9.17, 15) is 18.0 Å². The van der Waals surface area contributed by atoms with Crippen molar-refractivity contribution in [1.29, 1.82) is 0 Å². The lowest BCUT2D eigenvalue weighted by Gasteiger charge is -2.35. The molecule has 0 spiro atoms. The second-order valence-electron chi connectivity index (χ2n) is 6.26. The van der Waals surface area contributed by atoms with Gasteiger partial charge in [-0.3, -0.25) is 4.79 Å². The Hall–Kier alpha value is -2.30. The summed E-state index contributed by atoms with van der Waals surface area (Å²) in [6, 6.07) is 0.799. The van der Waals surface area contributed by atoms with Gasteiger partial charge < -0.3 is 24.6 Å². The fourth-order valence-electron chi connectivity index (χ4n) is 2.14. The predicted molar refractivity (Wildman–Crippen MR) is 87.1 cm³/mol. The van der Waals surface area contributed by atoms with Gasteiger partial charge in [-0.2, -0.15) is 13.2 Å². The molecule has 2 rings (SSSR count). The van der Waals surface area contributed by atoms with E-state index < -0.39 is 12.1 Å². The number of aliphatic carboxylic acids is 1. The molecule has 2 heterocycles. The number of piperazine rings is 1. The van der Waals surface area contributed by atoms with Crippen LogP contribution in [0.15, 0.2) is 10.6 Å². The zero-order chi connectivity index (χ0) is 20.1. The first-order valence-corrected chi connectivity index (χ1v) is 7.89. The fourth-order valence-corrected chi connectivity index (χ4v) is 2.14. The summed E-state index contributed by atoms with van der Waals surface area (Å²) < 4.78 is 37.2. The molecule has 0 radical (unpaired) electrons. The van der Waals surface area contributed by atoms with Crippen LogP contribution >= 0.6 is 0 Å². The molecule has 1 aliphatic rings. The molecule has 0 aliphatic carbocycles. The van der Waals surface area contributed by atoms with Crippen molar-refractivity contribution in [1.82, 2.24) is 15.2 Å². The number of amides is 1. The number of carboxylic acid groups (broad SMARTS) is 1. The van der Waals surface area contributed by atoms with Crippen molar-refractivity contribution in [2.75, 3.05) is 38.6 Å². The zero-order valence-corrected chi connectivity index (χ0v) is 15.0. The molecule has 1 saturated heterocycles. The molecule has 1 fully saturated rings. The molecule has 0 bridgehead atoms. The minimum absolute atomic E-state index is 0.0762. The molecular formula is C15H23F3N4O4. The van der Waals surface area contributed by atoms with Crippen LogP contribution in [0.5, 0.6) is 0 Å². The summed E-state index contributed by atoms with van der Waals surface area (Å²) in [4.78, 5) is 28.9. The number of nitrogens with zero attached hydrogens (tertiary/aromatic N) is 3. The molecule has 1 atom stereocenters. The molecule has 1 aromatic heterocycles. The van der Waals surface area contributed by atoms with Crippen molar-refractivity contribution < 1.29 is 32.3 Å². The first-order valence-electron chi connectivity index (χ1n) is 7.89. The number of hydrogen-bond donors (Lipinski definition) is 2. The summed E-state index contributed by atoms with van der Waals surface area (Å²) in [6.45, 7) is 6.56. The van der Waals surface area contributed by atoms with Crippen molar-refractivity contribution in [3.8, 4) is 0 Å². The van der Waals surface area contributed by atoms with E-state index in [0.717, 1.165) is 6.54 Å². The Kier molecular flexibility index (Phi) is 7.42. The molecule has 2 N–H and O–H groups in total. The Morgan fingerprint density at radius 3 is 2.42 bits per heavy atom. The van der Waals surface area contributed by atoms with E-state index in [1.165, 1.54) is 6.20 Å². The summed E-state index contributed by atoms with van der Waals surface area (Å²) in [5.74, 6) is -2.02. The molecule has 0 aromatic carbocycles. The molecule has 1 aromatic rings. The molecule has 8 nitrogen and oxygen atoms in total. The number of hydrogen-bond acceptors (Lipinski definition) is 6. The standard InChI is InChI=1S/C13H22N4O2.C2HF3O2/c1-9(2)10-8-17(6-5-14-10)12(18)11-7-15-13(19-11)16(3)4;3-2(4,5)1(6)7/h7,9-10,14H,5-6,8H2,1-4H3;(H,6,7)/t10-;/m1./s1. The van der Waals surface area contributed by atoms with Crippen LogP contribution in [0.4, 0.5) is 19.2 Å². The van der Waals surface area contributed by atoms with Gasteiger partial charge in [0.15, 0.2) is 0 Å². The quantitative estimate of drug-likeness (QED) is 0.819. The lowest BCUT2D eigenvalue weighted by molar-refractivity contribution is -0.192. The average Bonchev–Trinajstić information content (AvgIpc) is 3.04. The Balaban J connectivity index is 0.000000412. The molecular weight excluding hydrogens is 357 g/mol. The third-order valence-corrected chi connectivity index (χ3v) is 3.63. The van der Waals surface area contributed by atoms with Crippen molar-refractivity contribution in [2.45, 2.75) is 26.1 Å². The highest BCUT2D eigenvalue weighted by Crippen LogP contribution is 2.16. The first kappa shape index (κ1) is 21.7. The third-order valence-electron chi connectivity index (χ3n) is 3.63. The number of halogens is 3. The largest absolute Gasteiger partial charge is 0.490 e. The Bertz CT molecular complexity index is 616. The Morgan fingerprint density at radius 1 is 1.42 bits per heavy atom. The summed E-state index contributed by atoms with van der Waals surface area (Å²) in [5, 5.41) is 10.6. The number of carboxylic acids is 1. The van der Waals surface area contributed by atoms with Crippen molar-refractivity contribution in [2.24, 2.45) is 5.92 Å². The van der Waals surface area contributed by atoms with Gasteiger partial charge in [0, 0.05) is 39.8 Å². The van der Waals surface area contributed by atoms with Crippen LogP contribution in [-0.2, 0) is 4.79 Å². The maximum Gasteiger partial charge on any atom is 0.490 e. The maximum absolute atomic E-state index is 12.3. The van der Waals surface area contributed by atoms with Crippen LogP contribution in [0.3, 0.4) is 0 Å². The van der Waals surface area contributed by atoms with Crippen LogP contribution in [0.25, 0.3) is 0 Å². The minimum atomic E-state index is -5.08. The Labute approximate surface area is 149 Å². The smallest absolute Gasteiger partial charge is 0.475 e. The topological polar surface area (TPSA) is 98.9 Å². The van der Waals surface area contributed by atoms with Gasteiger partial charge in [-0.15, -0.1) is 0 Å². The van der Waals surface area contributed by atoms with E-state index >= 15 is 0 Å². The van der Waals surface area contributed by atoms with E-state index in [1.807, 2.05) is 19.0 Å². The van der Waals surface area contributed by atoms with Gasteiger partial charge in [-0.05, 0) is 5.92 Å². The number of aromatic nitrogens is 1. The zero-order valence-electron chi connectivity index (χ0n) is 15.0. The van der Waals surface area contributed by atoms with Gasteiger partial charge in [-0.1, -0.05) is 13.8 Å². The van der Waals surface area contributed by atoms with Gasteiger partial charge in [0.25, 0.3) is 11.9 Å². The monoisotopic (exact) mass is 380 g/mol. The molecule has 26 heavy (non-hydrogen) atoms. The lowest BCUT2D eigenvalue weighted by atomic mass is 10.0. The van der Waals surface area contributed by atoms with Crippen LogP contribution < -0.4 is 10.2 Å². The molecule has 1 aliphatic heterocycles. The maximum atomic E-state index is 12.3. The van der Waals surface area contributed by atoms with Gasteiger partial charge in [-0.25, -0.2) is 9.78 Å². The van der Waals surface area contributed by atoms with Crippen molar-refractivity contribution in [3.63, 3.8) is 0 Å². The highest BCUT2D eigenvalue weighted by atomic mass is 19.4. The van der Waals surface area contributed by atoms with E-state index in [4.69, 9.17) is 14.3 Å².